The van der Waals surface area contributed by atoms with Gasteiger partial charge in [0.2, 0.25) is 0 Å². The lowest BCUT2D eigenvalue weighted by Crippen LogP contribution is -2.47. The number of nitrogens with zero attached hydrogens (tertiary/aromatic N) is 2. The van der Waals surface area contributed by atoms with Crippen LogP contribution in [0.15, 0.2) is 42.5 Å². The zero-order valence-corrected chi connectivity index (χ0v) is 17.6. The van der Waals surface area contributed by atoms with E-state index in [0.29, 0.717) is 23.6 Å². The predicted octanol–water partition coefficient (Wildman–Crippen LogP) is 4.57. The minimum absolute atomic E-state index is 0.113. The average Bonchev–Trinajstić information content (AvgIpc) is 3.16. The molecule has 158 valence electrons. The Hall–Kier alpha value is -2.73. The summed E-state index contributed by atoms with van der Waals surface area (Å²) < 4.78 is 13.5. The van der Waals surface area contributed by atoms with Crippen LogP contribution < -0.4 is 5.32 Å². The molecule has 0 unspecified atom stereocenters. The number of fused-ring (bicyclic) bond motifs is 1. The minimum atomic E-state index is -0.352. The lowest BCUT2D eigenvalue weighted by atomic mass is 9.89. The molecule has 1 amide bonds. The highest BCUT2D eigenvalue weighted by atomic mass is 19.1. The fourth-order valence-corrected chi connectivity index (χ4v) is 4.50. The van der Waals surface area contributed by atoms with Gasteiger partial charge in [0.05, 0.1) is 11.0 Å². The summed E-state index contributed by atoms with van der Waals surface area (Å²) in [6.07, 6.45) is 4.14. The highest BCUT2D eigenvalue weighted by molar-refractivity contribution is 5.94. The maximum Gasteiger partial charge on any atom is 0.289 e. The number of halogens is 1. The summed E-state index contributed by atoms with van der Waals surface area (Å²) in [6.45, 7) is 5.58. The predicted molar refractivity (Wildman–Crippen MR) is 117 cm³/mol. The van der Waals surface area contributed by atoms with E-state index in [2.05, 4.69) is 46.5 Å². The third kappa shape index (κ3) is 4.54. The first kappa shape index (κ1) is 20.5. The van der Waals surface area contributed by atoms with Crippen LogP contribution in [0.3, 0.4) is 0 Å². The number of hydrogen-bond donors (Lipinski definition) is 2. The lowest BCUT2D eigenvalue weighted by molar-refractivity contribution is 0.0617. The Morgan fingerprint density at radius 1 is 1.27 bits per heavy atom. The molecule has 2 atom stereocenters. The first-order valence-corrected chi connectivity index (χ1v) is 10.8. The second-order valence-corrected chi connectivity index (χ2v) is 8.23. The van der Waals surface area contributed by atoms with E-state index in [1.54, 1.807) is 6.07 Å². The van der Waals surface area contributed by atoms with E-state index in [4.69, 9.17) is 0 Å². The monoisotopic (exact) mass is 408 g/mol. The molecule has 1 heterocycles. The lowest BCUT2D eigenvalue weighted by Gasteiger charge is -2.37. The van der Waals surface area contributed by atoms with Crippen molar-refractivity contribution in [3.05, 3.63) is 65.2 Å². The third-order valence-electron chi connectivity index (χ3n) is 6.01. The van der Waals surface area contributed by atoms with Crippen molar-refractivity contribution in [1.29, 1.82) is 0 Å². The number of aromatic nitrogens is 2. The Bertz CT molecular complexity index is 1030. The van der Waals surface area contributed by atoms with Crippen molar-refractivity contribution in [2.45, 2.75) is 58.2 Å². The van der Waals surface area contributed by atoms with Gasteiger partial charge in [0.1, 0.15) is 5.82 Å². The third-order valence-corrected chi connectivity index (χ3v) is 6.01. The number of nitrogens with one attached hydrogen (secondary N) is 2. The number of amides is 1. The topological polar surface area (TPSA) is 61.0 Å². The number of aryl methyl sites for hydroxylation is 1. The van der Waals surface area contributed by atoms with Crippen LogP contribution in [-0.4, -0.2) is 39.4 Å². The number of carbonyl (C=O) groups is 1. The van der Waals surface area contributed by atoms with Gasteiger partial charge in [-0.1, -0.05) is 29.8 Å². The van der Waals surface area contributed by atoms with Crippen molar-refractivity contribution < 1.29 is 9.18 Å². The molecular weight excluding hydrogens is 379 g/mol. The molecule has 1 saturated carbocycles. The Morgan fingerprint density at radius 2 is 2.13 bits per heavy atom. The molecule has 0 spiro atoms. The van der Waals surface area contributed by atoms with Crippen molar-refractivity contribution in [3.8, 4) is 0 Å². The van der Waals surface area contributed by atoms with Crippen LogP contribution >= 0.6 is 0 Å². The van der Waals surface area contributed by atoms with E-state index >= 15 is 0 Å². The molecular formula is C24H29FN4O. The molecule has 1 aliphatic rings. The summed E-state index contributed by atoms with van der Waals surface area (Å²) in [7, 11) is 0. The van der Waals surface area contributed by atoms with Gasteiger partial charge in [0.25, 0.3) is 5.91 Å². The first-order chi connectivity index (χ1) is 14.5. The van der Waals surface area contributed by atoms with Crippen molar-refractivity contribution in [2.75, 3.05) is 6.54 Å². The van der Waals surface area contributed by atoms with Crippen molar-refractivity contribution in [1.82, 2.24) is 20.2 Å². The molecule has 0 bridgehead atoms. The number of imidazole rings is 1. The smallest absolute Gasteiger partial charge is 0.289 e. The number of rotatable bonds is 6. The number of benzene rings is 2. The molecule has 5 nitrogen and oxygen atoms in total. The number of aromatic amines is 1. The van der Waals surface area contributed by atoms with Crippen LogP contribution in [0.25, 0.3) is 11.0 Å². The summed E-state index contributed by atoms with van der Waals surface area (Å²) in [6, 6.07) is 13.5. The molecule has 1 aromatic heterocycles. The zero-order valence-electron chi connectivity index (χ0n) is 17.6. The fourth-order valence-electron chi connectivity index (χ4n) is 4.50. The second kappa shape index (κ2) is 8.96. The van der Waals surface area contributed by atoms with E-state index in [-0.39, 0.29) is 23.6 Å². The van der Waals surface area contributed by atoms with E-state index in [9.17, 15) is 9.18 Å². The van der Waals surface area contributed by atoms with E-state index in [1.165, 1.54) is 23.3 Å². The van der Waals surface area contributed by atoms with Gasteiger partial charge in [-0.3, -0.25) is 4.79 Å². The largest absolute Gasteiger partial charge is 0.334 e. The maximum absolute atomic E-state index is 13.5. The minimum Gasteiger partial charge on any atom is -0.334 e. The van der Waals surface area contributed by atoms with Gasteiger partial charge in [-0.25, -0.2) is 9.37 Å². The standard InChI is InChI=1S/C24H29FN4O/c1-3-29(24(30)23-27-21-11-10-18(25)13-22(21)28-23)20-9-5-8-19(14-20)26-15-17-7-4-6-16(2)12-17/h4,6-7,10-13,19-20,26H,3,5,8-9,14-15H2,1-2H3,(H,27,28)/t19-,20+/m1/s1. The van der Waals surface area contributed by atoms with E-state index in [0.717, 1.165) is 32.2 Å². The average molecular weight is 409 g/mol. The molecule has 0 saturated heterocycles. The van der Waals surface area contributed by atoms with Crippen LogP contribution in [0.1, 0.15) is 54.4 Å². The van der Waals surface area contributed by atoms with Crippen LogP contribution in [0.2, 0.25) is 0 Å². The summed E-state index contributed by atoms with van der Waals surface area (Å²) in [5, 5.41) is 3.68. The van der Waals surface area contributed by atoms with Gasteiger partial charge < -0.3 is 15.2 Å². The number of H-pyrrole nitrogens is 1. The Morgan fingerprint density at radius 3 is 2.93 bits per heavy atom. The van der Waals surface area contributed by atoms with Crippen LogP contribution in [0.4, 0.5) is 4.39 Å². The normalized spacial score (nSPS) is 19.2. The molecule has 4 rings (SSSR count). The molecule has 2 aromatic carbocycles. The summed E-state index contributed by atoms with van der Waals surface area (Å²) in [5.74, 6) is -0.180. The highest BCUT2D eigenvalue weighted by Gasteiger charge is 2.30. The van der Waals surface area contributed by atoms with Gasteiger partial charge in [0, 0.05) is 31.2 Å². The molecule has 6 heteroatoms. The van der Waals surface area contributed by atoms with Crippen LogP contribution in [0, 0.1) is 12.7 Å². The second-order valence-electron chi connectivity index (χ2n) is 8.23. The van der Waals surface area contributed by atoms with Gasteiger partial charge in [-0.15, -0.1) is 0 Å². The van der Waals surface area contributed by atoms with E-state index < -0.39 is 0 Å². The van der Waals surface area contributed by atoms with Crippen molar-refractivity contribution >= 4 is 16.9 Å². The Kier molecular flexibility index (Phi) is 6.13. The van der Waals surface area contributed by atoms with Gasteiger partial charge >= 0.3 is 0 Å². The van der Waals surface area contributed by atoms with E-state index in [1.807, 2.05) is 11.8 Å². The van der Waals surface area contributed by atoms with Gasteiger partial charge in [-0.2, -0.15) is 0 Å². The van der Waals surface area contributed by atoms with Gasteiger partial charge in [0.15, 0.2) is 5.82 Å². The summed E-state index contributed by atoms with van der Waals surface area (Å²) in [4.78, 5) is 22.5. The van der Waals surface area contributed by atoms with Crippen molar-refractivity contribution in [2.24, 2.45) is 0 Å². The Labute approximate surface area is 176 Å². The number of carbonyl (C=O) groups excluding carboxylic acids is 1. The first-order valence-electron chi connectivity index (χ1n) is 10.8. The SMILES string of the molecule is CCN(C(=O)c1nc2cc(F)ccc2[nH]1)[C@H]1CCC[C@@H](NCc2cccc(C)c2)C1. The van der Waals surface area contributed by atoms with Crippen LogP contribution in [-0.2, 0) is 6.54 Å². The highest BCUT2D eigenvalue weighted by Crippen LogP contribution is 2.25. The fraction of sp³-hybridized carbons (Fsp3) is 0.417. The molecule has 1 fully saturated rings. The summed E-state index contributed by atoms with van der Waals surface area (Å²) >= 11 is 0. The molecule has 2 N–H and O–H groups in total. The maximum atomic E-state index is 13.5. The van der Waals surface area contributed by atoms with Gasteiger partial charge in [-0.05, 0) is 57.2 Å². The molecule has 0 aliphatic heterocycles. The Balaban J connectivity index is 1.43. The molecule has 0 radical (unpaired) electrons. The quantitative estimate of drug-likeness (QED) is 0.628. The molecule has 30 heavy (non-hydrogen) atoms. The zero-order chi connectivity index (χ0) is 21.1. The number of hydrogen-bond acceptors (Lipinski definition) is 3. The van der Waals surface area contributed by atoms with Crippen molar-refractivity contribution in [3.63, 3.8) is 0 Å². The molecule has 3 aromatic rings. The summed E-state index contributed by atoms with van der Waals surface area (Å²) in [5.41, 5.74) is 3.72. The molecule has 1 aliphatic carbocycles. The van der Waals surface area contributed by atoms with Crippen LogP contribution in [0.5, 0.6) is 0 Å².